The van der Waals surface area contributed by atoms with Crippen LogP contribution in [0.25, 0.3) is 0 Å². The van der Waals surface area contributed by atoms with Gasteiger partial charge in [-0.3, -0.25) is 28.9 Å². The standard InChI is InChI=1S/C19H22N4O3.C15H14N2O3.C5H11Cl2N/c1-20-9-11-21-14-22(12-10-20)23-8-7-16(24)18(17(23)19(21)25)26-13-15-5-3-2-4-6-15;18-12-6-8-17-9-7-16-15(19)13(17)14(12)20-10-11-4-2-1-3-5-11;1-8(4-2-6)5-3-7/h2-8H,9-14H2,1H3;1-6,8H,7,9-10H2,(H,16,19);2-5H2,1H3. The van der Waals surface area contributed by atoms with E-state index in [1.165, 1.54) is 12.1 Å². The Labute approximate surface area is 325 Å². The number of hydrogen-bond acceptors (Lipinski definition) is 9. The number of benzene rings is 2. The molecule has 15 heteroatoms. The molecule has 1 saturated heterocycles. The van der Waals surface area contributed by atoms with Crippen LogP contribution in [0.3, 0.4) is 0 Å². The fourth-order valence-corrected chi connectivity index (χ4v) is 6.52. The van der Waals surface area contributed by atoms with Crippen molar-refractivity contribution >= 4 is 35.0 Å². The highest BCUT2D eigenvalue weighted by Gasteiger charge is 2.34. The molecule has 288 valence electrons. The van der Waals surface area contributed by atoms with Gasteiger partial charge in [0.2, 0.25) is 10.9 Å². The smallest absolute Gasteiger partial charge is 0.277 e. The molecule has 1 fully saturated rings. The van der Waals surface area contributed by atoms with E-state index in [2.05, 4.69) is 27.2 Å². The molecule has 1 N–H and O–H groups in total. The second kappa shape index (κ2) is 20.0. The van der Waals surface area contributed by atoms with Gasteiger partial charge in [-0.15, -0.1) is 23.2 Å². The van der Waals surface area contributed by atoms with Crippen molar-refractivity contribution in [2.75, 3.05) is 83.3 Å². The van der Waals surface area contributed by atoms with Crippen LogP contribution in [0.15, 0.2) is 94.8 Å². The number of amides is 2. The zero-order chi connectivity index (χ0) is 38.5. The predicted molar refractivity (Wildman–Crippen MR) is 211 cm³/mol. The number of fused-ring (bicyclic) bond motifs is 5. The molecule has 5 heterocycles. The summed E-state index contributed by atoms with van der Waals surface area (Å²) in [5, 5.41) is 4.80. The number of pyridine rings is 2. The van der Waals surface area contributed by atoms with Crippen LogP contribution in [-0.4, -0.2) is 114 Å². The summed E-state index contributed by atoms with van der Waals surface area (Å²) >= 11 is 10.9. The van der Waals surface area contributed by atoms with Crippen molar-refractivity contribution in [3.05, 3.63) is 128 Å². The number of rotatable bonds is 10. The number of hydrogen-bond donors (Lipinski definition) is 1. The highest BCUT2D eigenvalue weighted by molar-refractivity contribution is 6.18. The van der Waals surface area contributed by atoms with Crippen LogP contribution in [-0.2, 0) is 19.8 Å². The first-order valence-electron chi connectivity index (χ1n) is 17.8. The fraction of sp³-hybridized carbons (Fsp3) is 0.385. The monoisotopic (exact) mass is 779 g/mol. The molecule has 0 spiro atoms. The summed E-state index contributed by atoms with van der Waals surface area (Å²) in [4.78, 5) is 55.4. The summed E-state index contributed by atoms with van der Waals surface area (Å²) in [7, 11) is 4.05. The molecule has 2 aromatic heterocycles. The number of likely N-dealkylation sites (N-methyl/N-ethyl adjacent to an activating group) is 1. The Kier molecular flexibility index (Phi) is 15.0. The molecule has 0 saturated carbocycles. The van der Waals surface area contributed by atoms with Crippen LogP contribution in [0.4, 0.5) is 0 Å². The van der Waals surface area contributed by atoms with Crippen molar-refractivity contribution in [3.8, 4) is 11.5 Å². The minimum atomic E-state index is -0.274. The Morgan fingerprint density at radius 1 is 0.704 bits per heavy atom. The number of carbonyl (C=O) groups is 2. The maximum atomic E-state index is 13.0. The molecule has 3 aliphatic rings. The van der Waals surface area contributed by atoms with Gasteiger partial charge in [0.15, 0.2) is 22.9 Å². The third-order valence-corrected chi connectivity index (χ3v) is 9.36. The van der Waals surface area contributed by atoms with E-state index in [-0.39, 0.29) is 47.4 Å². The second-order valence-electron chi connectivity index (χ2n) is 13.0. The van der Waals surface area contributed by atoms with Crippen molar-refractivity contribution in [2.24, 2.45) is 0 Å². The van der Waals surface area contributed by atoms with E-state index < -0.39 is 0 Å². The third-order valence-electron chi connectivity index (χ3n) is 9.02. The van der Waals surface area contributed by atoms with Crippen LogP contribution in [0.1, 0.15) is 32.1 Å². The SMILES string of the molecule is CN(CCCl)CCCl.CN1CCN2CN(CC1)n1ccc(=O)c(OCc3ccccc3)c1C2=O.O=C1NCCn2ccc(=O)c(OCc3ccccc3)c21. The highest BCUT2D eigenvalue weighted by Crippen LogP contribution is 2.23. The Balaban J connectivity index is 0.000000177. The average Bonchev–Trinajstić information content (AvgIpc) is 3.17. The summed E-state index contributed by atoms with van der Waals surface area (Å²) < 4.78 is 15.0. The molecule has 0 aliphatic carbocycles. The van der Waals surface area contributed by atoms with Gasteiger partial charge in [-0.25, -0.2) is 0 Å². The molecule has 2 aromatic carbocycles. The van der Waals surface area contributed by atoms with E-state index in [0.717, 1.165) is 43.9 Å². The van der Waals surface area contributed by atoms with Crippen molar-refractivity contribution in [1.82, 2.24) is 29.3 Å². The van der Waals surface area contributed by atoms with Crippen molar-refractivity contribution in [1.29, 1.82) is 0 Å². The molecule has 7 rings (SSSR count). The second-order valence-corrected chi connectivity index (χ2v) is 13.7. The van der Waals surface area contributed by atoms with Crippen molar-refractivity contribution in [2.45, 2.75) is 19.8 Å². The molecule has 13 nitrogen and oxygen atoms in total. The Hall–Kier alpha value is -4.82. The molecule has 3 aliphatic heterocycles. The minimum Gasteiger partial charge on any atom is -0.483 e. The van der Waals surface area contributed by atoms with E-state index in [0.29, 0.717) is 49.5 Å². The molecule has 4 aromatic rings. The quantitative estimate of drug-likeness (QED) is 0.242. The maximum absolute atomic E-state index is 13.0. The van der Waals surface area contributed by atoms with Crippen LogP contribution >= 0.6 is 23.2 Å². The van der Waals surface area contributed by atoms with E-state index >= 15 is 0 Å². The van der Waals surface area contributed by atoms with Gasteiger partial charge in [-0.2, -0.15) is 0 Å². The zero-order valence-corrected chi connectivity index (χ0v) is 32.2. The van der Waals surface area contributed by atoms with E-state index in [1.54, 1.807) is 26.5 Å². The molecule has 0 radical (unpaired) electrons. The summed E-state index contributed by atoms with van der Waals surface area (Å²) in [6, 6.07) is 22.1. The van der Waals surface area contributed by atoms with Crippen LogP contribution < -0.4 is 30.7 Å². The van der Waals surface area contributed by atoms with Gasteiger partial charge in [-0.1, -0.05) is 60.7 Å². The number of alkyl halides is 2. The summed E-state index contributed by atoms with van der Waals surface area (Å²) in [6.45, 7) is 7.22. The Bertz CT molecular complexity index is 1950. The molecule has 0 unspecified atom stereocenters. The lowest BCUT2D eigenvalue weighted by molar-refractivity contribution is 0.0642. The van der Waals surface area contributed by atoms with Gasteiger partial charge in [0.1, 0.15) is 19.9 Å². The fourth-order valence-electron chi connectivity index (χ4n) is 5.95. The third kappa shape index (κ3) is 10.7. The summed E-state index contributed by atoms with van der Waals surface area (Å²) in [6.07, 6.45) is 3.30. The van der Waals surface area contributed by atoms with Crippen LogP contribution in [0.5, 0.6) is 11.5 Å². The van der Waals surface area contributed by atoms with Gasteiger partial charge < -0.3 is 34.1 Å². The summed E-state index contributed by atoms with van der Waals surface area (Å²) in [5.41, 5.74) is 1.99. The van der Waals surface area contributed by atoms with Gasteiger partial charge in [0, 0.05) is 88.6 Å². The topological polar surface area (TPSA) is 122 Å². The molecule has 2 amide bonds. The molecule has 0 atom stereocenters. The first kappa shape index (κ1) is 40.4. The van der Waals surface area contributed by atoms with Gasteiger partial charge in [0.25, 0.3) is 11.8 Å². The van der Waals surface area contributed by atoms with Gasteiger partial charge in [-0.05, 0) is 25.2 Å². The highest BCUT2D eigenvalue weighted by atomic mass is 35.5. The molecule has 54 heavy (non-hydrogen) atoms. The number of halogens is 2. The number of nitrogens with zero attached hydrogens (tertiary/aromatic N) is 6. The first-order chi connectivity index (χ1) is 26.2. The molecular weight excluding hydrogens is 733 g/mol. The van der Waals surface area contributed by atoms with Crippen molar-refractivity contribution in [3.63, 3.8) is 0 Å². The lowest BCUT2D eigenvalue weighted by atomic mass is 10.2. The lowest BCUT2D eigenvalue weighted by Crippen LogP contribution is -2.58. The van der Waals surface area contributed by atoms with E-state index in [4.69, 9.17) is 32.7 Å². The number of nitrogens with one attached hydrogen (secondary N) is 1. The minimum absolute atomic E-state index is 0.119. The number of carbonyl (C=O) groups excluding carboxylic acids is 2. The summed E-state index contributed by atoms with van der Waals surface area (Å²) in [5.74, 6) is 1.20. The first-order valence-corrected chi connectivity index (χ1v) is 18.9. The largest absolute Gasteiger partial charge is 0.483 e. The van der Waals surface area contributed by atoms with E-state index in [1.807, 2.05) is 67.7 Å². The zero-order valence-electron chi connectivity index (χ0n) is 30.7. The van der Waals surface area contributed by atoms with Crippen molar-refractivity contribution < 1.29 is 19.1 Å². The Morgan fingerprint density at radius 3 is 1.85 bits per heavy atom. The van der Waals surface area contributed by atoms with Gasteiger partial charge in [0.05, 0.1) is 0 Å². The van der Waals surface area contributed by atoms with Crippen LogP contribution in [0, 0.1) is 0 Å². The maximum Gasteiger partial charge on any atom is 0.277 e. The van der Waals surface area contributed by atoms with E-state index in [9.17, 15) is 19.2 Å². The lowest BCUT2D eigenvalue weighted by Gasteiger charge is -2.42. The van der Waals surface area contributed by atoms with Crippen LogP contribution in [0.2, 0.25) is 0 Å². The molecule has 2 bridgehead atoms. The Morgan fingerprint density at radius 2 is 1.26 bits per heavy atom. The van der Waals surface area contributed by atoms with Gasteiger partial charge >= 0.3 is 0 Å². The molecular formula is C39H47Cl2N7O6. The number of ether oxygens (including phenoxy) is 2. The normalized spacial score (nSPS) is 15.0. The average molecular weight is 781 g/mol. The number of aromatic nitrogens is 2. The predicted octanol–water partition coefficient (Wildman–Crippen LogP) is 3.29.